The van der Waals surface area contributed by atoms with Crippen LogP contribution in [0.5, 0.6) is 0 Å². The second-order valence-corrected chi connectivity index (χ2v) is 6.41. The van der Waals surface area contributed by atoms with Crippen molar-refractivity contribution in [1.82, 2.24) is 4.98 Å². The number of rotatable bonds is 2. The van der Waals surface area contributed by atoms with Gasteiger partial charge in [-0.2, -0.15) is 0 Å². The molecule has 1 nitrogen and oxygen atoms in total. The first kappa shape index (κ1) is 15.2. The number of aromatic nitrogens is 1. The van der Waals surface area contributed by atoms with E-state index >= 15 is 0 Å². The summed E-state index contributed by atoms with van der Waals surface area (Å²) >= 11 is 12.7. The van der Waals surface area contributed by atoms with E-state index in [2.05, 4.69) is 18.2 Å². The van der Waals surface area contributed by atoms with Crippen molar-refractivity contribution in [2.45, 2.75) is 0 Å². The molecule has 0 aliphatic heterocycles. The van der Waals surface area contributed by atoms with Crippen molar-refractivity contribution in [3.8, 4) is 22.4 Å². The Morgan fingerprint density at radius 1 is 0.667 bits per heavy atom. The number of hydrogen-bond acceptors (Lipinski definition) is 1. The summed E-state index contributed by atoms with van der Waals surface area (Å²) < 4.78 is 0. The van der Waals surface area contributed by atoms with E-state index < -0.39 is 0 Å². The van der Waals surface area contributed by atoms with E-state index in [1.807, 2.05) is 60.7 Å². The molecule has 0 N–H and O–H groups in total. The van der Waals surface area contributed by atoms with Crippen molar-refractivity contribution in [2.75, 3.05) is 0 Å². The van der Waals surface area contributed by atoms with Gasteiger partial charge in [-0.15, -0.1) is 0 Å². The highest BCUT2D eigenvalue weighted by molar-refractivity contribution is 6.34. The van der Waals surface area contributed by atoms with E-state index in [1.165, 1.54) is 0 Å². The average molecular weight is 350 g/mol. The molecule has 0 fully saturated rings. The average Bonchev–Trinajstić information content (AvgIpc) is 2.62. The maximum Gasteiger partial charge on any atom is 0.0716 e. The molecule has 4 rings (SSSR count). The Morgan fingerprint density at radius 2 is 1.42 bits per heavy atom. The quantitative estimate of drug-likeness (QED) is 0.384. The van der Waals surface area contributed by atoms with Crippen LogP contribution in [-0.4, -0.2) is 4.98 Å². The van der Waals surface area contributed by atoms with Crippen LogP contribution in [0.25, 0.3) is 33.3 Å². The monoisotopic (exact) mass is 349 g/mol. The first-order valence-corrected chi connectivity index (χ1v) is 8.38. The van der Waals surface area contributed by atoms with E-state index in [0.717, 1.165) is 33.3 Å². The molecule has 0 atom stereocenters. The smallest absolute Gasteiger partial charge is 0.0716 e. The van der Waals surface area contributed by atoms with Gasteiger partial charge in [0.25, 0.3) is 0 Å². The molecule has 0 spiro atoms. The Kier molecular flexibility index (Phi) is 3.97. The number of nitrogens with zero attached hydrogens (tertiary/aromatic N) is 1. The lowest BCUT2D eigenvalue weighted by Crippen LogP contribution is -1.90. The molecule has 116 valence electrons. The van der Waals surface area contributed by atoms with Gasteiger partial charge in [-0.25, -0.2) is 4.98 Å². The van der Waals surface area contributed by atoms with Gasteiger partial charge in [0.15, 0.2) is 0 Å². The van der Waals surface area contributed by atoms with Crippen molar-refractivity contribution in [3.05, 3.63) is 88.9 Å². The summed E-state index contributed by atoms with van der Waals surface area (Å²) in [4.78, 5) is 4.80. The highest BCUT2D eigenvalue weighted by Crippen LogP contribution is 2.36. The van der Waals surface area contributed by atoms with E-state index in [9.17, 15) is 0 Å². The summed E-state index contributed by atoms with van der Waals surface area (Å²) in [6.07, 6.45) is 0. The maximum atomic E-state index is 6.44. The minimum Gasteiger partial charge on any atom is -0.248 e. The molecular formula is C21H13Cl2N. The van der Waals surface area contributed by atoms with Gasteiger partial charge in [0, 0.05) is 26.6 Å². The molecule has 1 aromatic heterocycles. The molecule has 3 aromatic carbocycles. The van der Waals surface area contributed by atoms with Crippen LogP contribution in [0.3, 0.4) is 0 Å². The third-order valence-electron chi connectivity index (χ3n) is 4.00. The summed E-state index contributed by atoms with van der Waals surface area (Å²) in [5.41, 5.74) is 4.90. The van der Waals surface area contributed by atoms with Crippen LogP contribution in [-0.2, 0) is 0 Å². The maximum absolute atomic E-state index is 6.44. The first-order chi connectivity index (χ1) is 11.7. The lowest BCUT2D eigenvalue weighted by atomic mass is 9.98. The highest BCUT2D eigenvalue weighted by Gasteiger charge is 2.12. The number of hydrogen-bond donors (Lipinski definition) is 0. The molecule has 0 saturated carbocycles. The summed E-state index contributed by atoms with van der Waals surface area (Å²) in [6.45, 7) is 0. The van der Waals surface area contributed by atoms with Crippen LogP contribution in [0.2, 0.25) is 10.0 Å². The lowest BCUT2D eigenvalue weighted by molar-refractivity contribution is 1.40. The predicted octanol–water partition coefficient (Wildman–Crippen LogP) is 6.88. The van der Waals surface area contributed by atoms with Crippen LogP contribution in [0.15, 0.2) is 78.9 Å². The number of fused-ring (bicyclic) bond motifs is 1. The van der Waals surface area contributed by atoms with Gasteiger partial charge >= 0.3 is 0 Å². The first-order valence-electron chi connectivity index (χ1n) is 7.63. The Hall–Kier alpha value is -2.35. The van der Waals surface area contributed by atoms with Crippen molar-refractivity contribution < 1.29 is 0 Å². The van der Waals surface area contributed by atoms with Gasteiger partial charge in [-0.1, -0.05) is 71.7 Å². The highest BCUT2D eigenvalue weighted by atomic mass is 35.5. The zero-order chi connectivity index (χ0) is 16.5. The number of halogens is 2. The van der Waals surface area contributed by atoms with Crippen molar-refractivity contribution in [2.24, 2.45) is 0 Å². The van der Waals surface area contributed by atoms with E-state index in [-0.39, 0.29) is 0 Å². The minimum absolute atomic E-state index is 0.685. The third kappa shape index (κ3) is 2.77. The Morgan fingerprint density at radius 3 is 2.21 bits per heavy atom. The molecule has 1 heterocycles. The van der Waals surface area contributed by atoms with Crippen LogP contribution in [0.4, 0.5) is 0 Å². The molecule has 0 aliphatic carbocycles. The molecule has 0 bridgehead atoms. The standard InChI is InChI=1S/C21H13Cl2N/c22-15-10-11-20-18(12-15)17(16-8-4-5-9-19(16)23)13-21(24-20)14-6-2-1-3-7-14/h1-13H. The zero-order valence-electron chi connectivity index (χ0n) is 12.7. The summed E-state index contributed by atoms with van der Waals surface area (Å²) in [7, 11) is 0. The summed E-state index contributed by atoms with van der Waals surface area (Å²) in [5.74, 6) is 0. The van der Waals surface area contributed by atoms with Crippen LogP contribution < -0.4 is 0 Å². The molecular weight excluding hydrogens is 337 g/mol. The van der Waals surface area contributed by atoms with E-state index in [4.69, 9.17) is 28.2 Å². The SMILES string of the molecule is Clc1ccc2nc(-c3ccccc3)cc(-c3ccccc3Cl)c2c1. The van der Waals surface area contributed by atoms with Crippen molar-refractivity contribution >= 4 is 34.1 Å². The van der Waals surface area contributed by atoms with Crippen molar-refractivity contribution in [3.63, 3.8) is 0 Å². The second-order valence-electron chi connectivity index (χ2n) is 5.56. The van der Waals surface area contributed by atoms with Gasteiger partial charge in [0.2, 0.25) is 0 Å². The zero-order valence-corrected chi connectivity index (χ0v) is 14.2. The third-order valence-corrected chi connectivity index (χ3v) is 4.57. The largest absolute Gasteiger partial charge is 0.248 e. The van der Waals surface area contributed by atoms with Gasteiger partial charge in [0.1, 0.15) is 0 Å². The molecule has 0 amide bonds. The fraction of sp³-hybridized carbons (Fsp3) is 0. The molecule has 4 aromatic rings. The molecule has 0 unspecified atom stereocenters. The summed E-state index contributed by atoms with van der Waals surface area (Å²) in [6, 6.07) is 25.8. The molecule has 3 heteroatoms. The lowest BCUT2D eigenvalue weighted by Gasteiger charge is -2.12. The number of pyridine rings is 1. The molecule has 24 heavy (non-hydrogen) atoms. The molecule has 0 radical (unpaired) electrons. The van der Waals surface area contributed by atoms with E-state index in [1.54, 1.807) is 0 Å². The van der Waals surface area contributed by atoms with Gasteiger partial charge in [0.05, 0.1) is 11.2 Å². The normalized spacial score (nSPS) is 10.9. The summed E-state index contributed by atoms with van der Waals surface area (Å²) in [5, 5.41) is 2.39. The van der Waals surface area contributed by atoms with Crippen LogP contribution in [0, 0.1) is 0 Å². The topological polar surface area (TPSA) is 12.9 Å². The Labute approximate surface area is 150 Å². The van der Waals surface area contributed by atoms with Crippen molar-refractivity contribution in [1.29, 1.82) is 0 Å². The van der Waals surface area contributed by atoms with Gasteiger partial charge in [-0.3, -0.25) is 0 Å². The van der Waals surface area contributed by atoms with Gasteiger partial charge < -0.3 is 0 Å². The number of benzene rings is 3. The van der Waals surface area contributed by atoms with E-state index in [0.29, 0.717) is 10.0 Å². The molecule has 0 aliphatic rings. The van der Waals surface area contributed by atoms with Crippen LogP contribution in [0.1, 0.15) is 0 Å². The predicted molar refractivity (Wildman–Crippen MR) is 103 cm³/mol. The molecule has 0 saturated heterocycles. The Balaban J connectivity index is 2.06. The Bertz CT molecular complexity index is 1030. The second kappa shape index (κ2) is 6.27. The minimum atomic E-state index is 0.685. The van der Waals surface area contributed by atoms with Crippen LogP contribution >= 0.6 is 23.2 Å². The van der Waals surface area contributed by atoms with Gasteiger partial charge in [-0.05, 0) is 35.9 Å². The fourth-order valence-electron chi connectivity index (χ4n) is 2.86. The fourth-order valence-corrected chi connectivity index (χ4v) is 3.27.